The molecule has 8 heteroatoms. The molecule has 27 heavy (non-hydrogen) atoms. The minimum atomic E-state index is -0.412. The van der Waals surface area contributed by atoms with E-state index in [9.17, 15) is 9.59 Å². The summed E-state index contributed by atoms with van der Waals surface area (Å²) in [5.74, 6) is 1.83. The van der Waals surface area contributed by atoms with E-state index >= 15 is 0 Å². The highest BCUT2D eigenvalue weighted by Gasteiger charge is 2.21. The number of aromatic nitrogens is 2. The topological polar surface area (TPSA) is 90.5 Å². The van der Waals surface area contributed by atoms with Gasteiger partial charge in [0.05, 0.1) is 6.54 Å². The van der Waals surface area contributed by atoms with Crippen molar-refractivity contribution in [2.24, 2.45) is 0 Å². The number of hydrogen-bond donors (Lipinski definition) is 2. The lowest BCUT2D eigenvalue weighted by Crippen LogP contribution is -2.51. The first-order valence-corrected chi connectivity index (χ1v) is 9.79. The van der Waals surface area contributed by atoms with Crippen LogP contribution in [0, 0.1) is 6.92 Å². The summed E-state index contributed by atoms with van der Waals surface area (Å²) in [6, 6.07) is 1.60. The van der Waals surface area contributed by atoms with Crippen LogP contribution in [0.25, 0.3) is 0 Å². The highest BCUT2D eigenvalue weighted by Crippen LogP contribution is 2.18. The lowest BCUT2D eigenvalue weighted by molar-refractivity contribution is -0.121. The van der Waals surface area contributed by atoms with Crippen molar-refractivity contribution in [1.29, 1.82) is 0 Å². The zero-order chi connectivity index (χ0) is 19.8. The van der Waals surface area contributed by atoms with E-state index in [0.717, 1.165) is 56.4 Å². The Balaban J connectivity index is 1.80. The third kappa shape index (κ3) is 6.78. The molecule has 0 radical (unpaired) electrons. The first-order valence-electron chi connectivity index (χ1n) is 9.79. The van der Waals surface area contributed by atoms with Crippen LogP contribution in [0.5, 0.6) is 0 Å². The minimum absolute atomic E-state index is 0.231. The Hall–Kier alpha value is -2.22. The Morgan fingerprint density at radius 1 is 1.19 bits per heavy atom. The number of carbonyl (C=O) groups excluding carboxylic acids is 2. The van der Waals surface area contributed by atoms with Crippen LogP contribution in [-0.2, 0) is 4.79 Å². The Labute approximate surface area is 161 Å². The molecule has 2 N–H and O–H groups in total. The van der Waals surface area contributed by atoms with Crippen molar-refractivity contribution in [3.05, 3.63) is 17.6 Å². The Morgan fingerprint density at radius 2 is 1.89 bits per heavy atom. The first kappa shape index (κ1) is 21.1. The van der Waals surface area contributed by atoms with Gasteiger partial charge in [0, 0.05) is 50.4 Å². The molecule has 1 aromatic rings. The fraction of sp³-hybridized carbons (Fsp3) is 0.684. The summed E-state index contributed by atoms with van der Waals surface area (Å²) < 4.78 is 0. The number of nitrogens with one attached hydrogen (secondary N) is 2. The molecule has 0 aliphatic carbocycles. The predicted molar refractivity (Wildman–Crippen MR) is 106 cm³/mol. The SMILES string of the molecule is CCCCNC(=O)NC(=O)CN1CCN(c2cc(C)nc(C(C)C)n2)CC1. The fourth-order valence-corrected chi connectivity index (χ4v) is 2.92. The Kier molecular flexibility index (Phi) is 7.97. The maximum absolute atomic E-state index is 12.0. The number of anilines is 1. The van der Waals surface area contributed by atoms with Crippen molar-refractivity contribution >= 4 is 17.8 Å². The van der Waals surface area contributed by atoms with Crippen LogP contribution in [0.4, 0.5) is 10.6 Å². The minimum Gasteiger partial charge on any atom is -0.354 e. The van der Waals surface area contributed by atoms with E-state index in [1.54, 1.807) is 0 Å². The van der Waals surface area contributed by atoms with E-state index in [0.29, 0.717) is 6.54 Å². The smallest absolute Gasteiger partial charge is 0.321 e. The van der Waals surface area contributed by atoms with Crippen LogP contribution in [0.2, 0.25) is 0 Å². The number of piperazine rings is 1. The molecule has 0 unspecified atom stereocenters. The zero-order valence-electron chi connectivity index (χ0n) is 16.9. The molecule has 1 aromatic heterocycles. The van der Waals surface area contributed by atoms with E-state index in [-0.39, 0.29) is 18.4 Å². The van der Waals surface area contributed by atoms with Gasteiger partial charge in [-0.05, 0) is 13.3 Å². The number of nitrogens with zero attached hydrogens (tertiary/aromatic N) is 4. The Morgan fingerprint density at radius 3 is 2.52 bits per heavy atom. The second kappa shape index (κ2) is 10.2. The van der Waals surface area contributed by atoms with E-state index < -0.39 is 6.03 Å². The van der Waals surface area contributed by atoms with Gasteiger partial charge in [-0.1, -0.05) is 27.2 Å². The first-order chi connectivity index (χ1) is 12.9. The number of amides is 3. The zero-order valence-corrected chi connectivity index (χ0v) is 16.9. The van der Waals surface area contributed by atoms with Gasteiger partial charge < -0.3 is 10.2 Å². The molecule has 0 bridgehead atoms. The van der Waals surface area contributed by atoms with Crippen molar-refractivity contribution in [3.63, 3.8) is 0 Å². The molecular formula is C19H32N6O2. The molecule has 8 nitrogen and oxygen atoms in total. The molecule has 1 saturated heterocycles. The number of imide groups is 1. The predicted octanol–water partition coefficient (Wildman–Crippen LogP) is 1.66. The van der Waals surface area contributed by atoms with Crippen LogP contribution in [0.1, 0.15) is 51.0 Å². The summed E-state index contributed by atoms with van der Waals surface area (Å²) >= 11 is 0. The lowest BCUT2D eigenvalue weighted by Gasteiger charge is -2.35. The van der Waals surface area contributed by atoms with Crippen LogP contribution in [0.15, 0.2) is 6.07 Å². The van der Waals surface area contributed by atoms with Gasteiger partial charge in [-0.15, -0.1) is 0 Å². The number of hydrogen-bond acceptors (Lipinski definition) is 6. The molecule has 0 aromatic carbocycles. The van der Waals surface area contributed by atoms with Crippen LogP contribution in [0.3, 0.4) is 0 Å². The van der Waals surface area contributed by atoms with E-state index in [1.807, 2.05) is 13.0 Å². The number of rotatable bonds is 7. The van der Waals surface area contributed by atoms with Gasteiger partial charge in [0.15, 0.2) is 0 Å². The van der Waals surface area contributed by atoms with Crippen molar-refractivity contribution < 1.29 is 9.59 Å². The Bertz CT molecular complexity index is 641. The third-order valence-electron chi connectivity index (χ3n) is 4.51. The summed E-state index contributed by atoms with van der Waals surface area (Å²) in [5.41, 5.74) is 0.972. The number of aryl methyl sites for hydroxylation is 1. The second-order valence-corrected chi connectivity index (χ2v) is 7.30. The summed E-state index contributed by atoms with van der Waals surface area (Å²) in [4.78, 5) is 37.1. The average molecular weight is 377 g/mol. The lowest BCUT2D eigenvalue weighted by atomic mass is 10.2. The van der Waals surface area contributed by atoms with E-state index in [4.69, 9.17) is 0 Å². The molecule has 1 aliphatic rings. The molecule has 0 spiro atoms. The van der Waals surface area contributed by atoms with Gasteiger partial charge >= 0.3 is 6.03 Å². The van der Waals surface area contributed by atoms with Crippen molar-refractivity contribution in [2.45, 2.75) is 46.5 Å². The maximum Gasteiger partial charge on any atom is 0.321 e. The monoisotopic (exact) mass is 376 g/mol. The largest absolute Gasteiger partial charge is 0.354 e. The number of urea groups is 1. The van der Waals surface area contributed by atoms with Gasteiger partial charge in [-0.2, -0.15) is 0 Å². The molecular weight excluding hydrogens is 344 g/mol. The summed E-state index contributed by atoms with van der Waals surface area (Å²) in [5, 5.41) is 5.08. The highest BCUT2D eigenvalue weighted by atomic mass is 16.2. The number of unbranched alkanes of at least 4 members (excludes halogenated alkanes) is 1. The third-order valence-corrected chi connectivity index (χ3v) is 4.51. The standard InChI is InChI=1S/C19H32N6O2/c1-5-6-7-20-19(27)23-17(26)13-24-8-10-25(11-9-24)16-12-15(4)21-18(22-16)14(2)3/h12,14H,5-11,13H2,1-4H3,(H2,20,23,26,27). The van der Waals surface area contributed by atoms with E-state index in [2.05, 4.69) is 51.2 Å². The molecule has 1 fully saturated rings. The van der Waals surface area contributed by atoms with Gasteiger partial charge in [-0.3, -0.25) is 15.0 Å². The molecule has 0 atom stereocenters. The van der Waals surface area contributed by atoms with Gasteiger partial charge in [0.2, 0.25) is 5.91 Å². The average Bonchev–Trinajstić information content (AvgIpc) is 2.61. The highest BCUT2D eigenvalue weighted by molar-refractivity contribution is 5.95. The maximum atomic E-state index is 12.0. The molecule has 150 valence electrons. The molecule has 2 heterocycles. The van der Waals surface area contributed by atoms with E-state index in [1.165, 1.54) is 0 Å². The molecule has 3 amide bonds. The van der Waals surface area contributed by atoms with Gasteiger partial charge in [0.25, 0.3) is 0 Å². The van der Waals surface area contributed by atoms with Crippen LogP contribution < -0.4 is 15.5 Å². The van der Waals surface area contributed by atoms with Gasteiger partial charge in [-0.25, -0.2) is 14.8 Å². The quantitative estimate of drug-likeness (QED) is 0.704. The van der Waals surface area contributed by atoms with Gasteiger partial charge in [0.1, 0.15) is 11.6 Å². The molecule has 2 rings (SSSR count). The molecule has 0 saturated carbocycles. The van der Waals surface area contributed by atoms with Crippen molar-refractivity contribution in [3.8, 4) is 0 Å². The normalized spacial score (nSPS) is 15.1. The molecule has 1 aliphatic heterocycles. The number of carbonyl (C=O) groups is 2. The van der Waals surface area contributed by atoms with Crippen LogP contribution in [-0.4, -0.2) is 66.1 Å². The fourth-order valence-electron chi connectivity index (χ4n) is 2.92. The second-order valence-electron chi connectivity index (χ2n) is 7.30. The van der Waals surface area contributed by atoms with Crippen LogP contribution >= 0.6 is 0 Å². The van der Waals surface area contributed by atoms with Crippen molar-refractivity contribution in [1.82, 2.24) is 25.5 Å². The summed E-state index contributed by atoms with van der Waals surface area (Å²) in [6.07, 6.45) is 1.91. The van der Waals surface area contributed by atoms with Crippen molar-refractivity contribution in [2.75, 3.05) is 44.2 Å². The summed E-state index contributed by atoms with van der Waals surface area (Å²) in [7, 11) is 0. The summed E-state index contributed by atoms with van der Waals surface area (Å²) in [6.45, 7) is 12.1.